The van der Waals surface area contributed by atoms with Crippen molar-refractivity contribution in [3.63, 3.8) is 0 Å². The first-order chi connectivity index (χ1) is 14.9. The number of piperidine rings is 1. The molecule has 2 amide bonds. The summed E-state index contributed by atoms with van der Waals surface area (Å²) in [6.07, 6.45) is 7.32. The Morgan fingerprint density at radius 1 is 1.06 bits per heavy atom. The van der Waals surface area contributed by atoms with Gasteiger partial charge < -0.3 is 15.1 Å². The normalized spacial score (nSPS) is 15.1. The molecular weight excluding hydrogens is 418 g/mol. The van der Waals surface area contributed by atoms with Gasteiger partial charge in [-0.15, -0.1) is 0 Å². The van der Waals surface area contributed by atoms with Crippen LogP contribution in [0.3, 0.4) is 0 Å². The maximum atomic E-state index is 12.8. The monoisotopic (exact) mass is 445 g/mol. The van der Waals surface area contributed by atoms with E-state index < -0.39 is 10.0 Å². The van der Waals surface area contributed by atoms with E-state index in [0.717, 1.165) is 19.3 Å². The van der Waals surface area contributed by atoms with Gasteiger partial charge in [0.15, 0.2) is 0 Å². The molecule has 31 heavy (non-hydrogen) atoms. The fourth-order valence-corrected chi connectivity index (χ4v) is 4.85. The zero-order valence-corrected chi connectivity index (χ0v) is 18.1. The smallest absolute Gasteiger partial charge is 0.244 e. The number of hydrogen-bond acceptors (Lipinski definition) is 5. The highest BCUT2D eigenvalue weighted by Gasteiger charge is 2.25. The lowest BCUT2D eigenvalue weighted by molar-refractivity contribution is -0.121. The summed E-state index contributed by atoms with van der Waals surface area (Å²) < 4.78 is 32.2. The quantitative estimate of drug-likeness (QED) is 0.576. The molecule has 166 valence electrons. The first kappa shape index (κ1) is 22.8. The third-order valence-corrected chi connectivity index (χ3v) is 6.83. The molecule has 1 aliphatic rings. The topological polar surface area (TPSA) is 109 Å². The number of benzene rings is 1. The molecule has 0 radical (unpaired) electrons. The molecule has 2 N–H and O–H groups in total. The second-order valence-electron chi connectivity index (χ2n) is 7.28. The van der Waals surface area contributed by atoms with Crippen LogP contribution in [0.2, 0.25) is 0 Å². The summed E-state index contributed by atoms with van der Waals surface area (Å²) in [5.74, 6) is 0.0110. The SMILES string of the molecule is O=C(/C=C/c1ccco1)NCCC(=O)NCc1cccc(S(=O)(=O)N2CCCCC2)c1. The van der Waals surface area contributed by atoms with E-state index in [-0.39, 0.29) is 36.2 Å². The van der Waals surface area contributed by atoms with Crippen LogP contribution in [0.15, 0.2) is 58.1 Å². The van der Waals surface area contributed by atoms with Crippen LogP contribution in [0.5, 0.6) is 0 Å². The van der Waals surface area contributed by atoms with Crippen LogP contribution in [0.4, 0.5) is 0 Å². The Bertz CT molecular complexity index is 1010. The second-order valence-corrected chi connectivity index (χ2v) is 9.22. The van der Waals surface area contributed by atoms with Crippen LogP contribution < -0.4 is 10.6 Å². The maximum Gasteiger partial charge on any atom is 0.244 e. The highest BCUT2D eigenvalue weighted by molar-refractivity contribution is 7.89. The number of nitrogens with one attached hydrogen (secondary N) is 2. The Morgan fingerprint density at radius 2 is 1.87 bits per heavy atom. The average molecular weight is 446 g/mol. The van der Waals surface area contributed by atoms with Gasteiger partial charge in [0.2, 0.25) is 21.8 Å². The van der Waals surface area contributed by atoms with Crippen molar-refractivity contribution >= 4 is 27.9 Å². The molecule has 1 aliphatic heterocycles. The number of sulfonamides is 1. The first-order valence-corrected chi connectivity index (χ1v) is 11.7. The van der Waals surface area contributed by atoms with E-state index in [1.54, 1.807) is 42.5 Å². The van der Waals surface area contributed by atoms with E-state index in [1.807, 2.05) is 0 Å². The van der Waals surface area contributed by atoms with E-state index in [4.69, 9.17) is 4.42 Å². The van der Waals surface area contributed by atoms with Crippen LogP contribution in [-0.2, 0) is 26.2 Å². The lowest BCUT2D eigenvalue weighted by Gasteiger charge is -2.26. The van der Waals surface area contributed by atoms with Crippen LogP contribution in [-0.4, -0.2) is 44.2 Å². The largest absolute Gasteiger partial charge is 0.465 e. The van der Waals surface area contributed by atoms with Crippen LogP contribution in [0.1, 0.15) is 37.0 Å². The predicted molar refractivity (Wildman–Crippen MR) is 116 cm³/mol. The lowest BCUT2D eigenvalue weighted by Crippen LogP contribution is -2.35. The van der Waals surface area contributed by atoms with Crippen molar-refractivity contribution in [2.75, 3.05) is 19.6 Å². The van der Waals surface area contributed by atoms with Crippen LogP contribution >= 0.6 is 0 Å². The van der Waals surface area contributed by atoms with Gasteiger partial charge in [0.1, 0.15) is 5.76 Å². The van der Waals surface area contributed by atoms with Gasteiger partial charge in [0, 0.05) is 38.7 Å². The third-order valence-electron chi connectivity index (χ3n) is 4.93. The van der Waals surface area contributed by atoms with Crippen molar-refractivity contribution in [2.45, 2.75) is 37.1 Å². The molecule has 2 aromatic rings. The summed E-state index contributed by atoms with van der Waals surface area (Å²) in [7, 11) is -3.51. The molecule has 0 atom stereocenters. The molecule has 0 aliphatic carbocycles. The summed E-state index contributed by atoms with van der Waals surface area (Å²) in [5.41, 5.74) is 0.705. The van der Waals surface area contributed by atoms with Crippen molar-refractivity contribution < 1.29 is 22.4 Å². The van der Waals surface area contributed by atoms with Gasteiger partial charge in [0.05, 0.1) is 11.2 Å². The molecule has 1 aromatic carbocycles. The summed E-state index contributed by atoms with van der Waals surface area (Å²) in [4.78, 5) is 24.0. The highest BCUT2D eigenvalue weighted by atomic mass is 32.2. The number of amides is 2. The Morgan fingerprint density at radius 3 is 2.61 bits per heavy atom. The number of nitrogens with zero attached hydrogens (tertiary/aromatic N) is 1. The summed E-state index contributed by atoms with van der Waals surface area (Å²) in [6, 6.07) is 10.1. The molecule has 0 saturated carbocycles. The zero-order valence-electron chi connectivity index (χ0n) is 17.2. The van der Waals surface area contributed by atoms with Gasteiger partial charge in [0.25, 0.3) is 0 Å². The van der Waals surface area contributed by atoms with E-state index in [2.05, 4.69) is 10.6 Å². The third kappa shape index (κ3) is 6.80. The number of carbonyl (C=O) groups is 2. The fourth-order valence-electron chi connectivity index (χ4n) is 3.26. The van der Waals surface area contributed by atoms with Gasteiger partial charge in [-0.2, -0.15) is 4.31 Å². The second kappa shape index (κ2) is 10.9. The summed E-state index contributed by atoms with van der Waals surface area (Å²) in [5, 5.41) is 5.38. The van der Waals surface area contributed by atoms with E-state index in [1.165, 1.54) is 16.6 Å². The zero-order chi connectivity index (χ0) is 22.1. The van der Waals surface area contributed by atoms with Gasteiger partial charge in [-0.25, -0.2) is 8.42 Å². The molecule has 8 nitrogen and oxygen atoms in total. The molecule has 3 rings (SSSR count). The standard InChI is InChI=1S/C22H27N3O5S/c26-21(10-9-19-7-5-15-30-19)23-12-11-22(27)24-17-18-6-4-8-20(16-18)31(28,29)25-13-2-1-3-14-25/h4-10,15-16H,1-3,11-14,17H2,(H,23,26)(H,24,27)/b10-9+. The van der Waals surface area contributed by atoms with Gasteiger partial charge in [-0.3, -0.25) is 9.59 Å². The number of hydrogen-bond donors (Lipinski definition) is 2. The molecule has 2 heterocycles. The summed E-state index contributed by atoms with van der Waals surface area (Å²) in [6.45, 7) is 1.50. The van der Waals surface area contributed by atoms with Crippen molar-refractivity contribution in [2.24, 2.45) is 0 Å². The first-order valence-electron chi connectivity index (χ1n) is 10.3. The molecule has 1 saturated heterocycles. The Balaban J connectivity index is 1.44. The van der Waals surface area contributed by atoms with Crippen molar-refractivity contribution in [1.82, 2.24) is 14.9 Å². The molecule has 1 aromatic heterocycles. The minimum absolute atomic E-state index is 0.117. The minimum Gasteiger partial charge on any atom is -0.465 e. The number of rotatable bonds is 9. The van der Waals surface area contributed by atoms with Gasteiger partial charge in [-0.05, 0) is 48.7 Å². The predicted octanol–water partition coefficient (Wildman–Crippen LogP) is 2.29. The summed E-state index contributed by atoms with van der Waals surface area (Å²) >= 11 is 0. The number of carbonyl (C=O) groups excluding carboxylic acids is 2. The highest BCUT2D eigenvalue weighted by Crippen LogP contribution is 2.21. The lowest BCUT2D eigenvalue weighted by atomic mass is 10.2. The molecule has 1 fully saturated rings. The van der Waals surface area contributed by atoms with E-state index in [0.29, 0.717) is 24.4 Å². The van der Waals surface area contributed by atoms with Gasteiger partial charge in [-0.1, -0.05) is 18.6 Å². The minimum atomic E-state index is -3.51. The molecule has 0 spiro atoms. The Labute approximate surface area is 182 Å². The molecule has 0 unspecified atom stereocenters. The van der Waals surface area contributed by atoms with Crippen LogP contribution in [0.25, 0.3) is 6.08 Å². The van der Waals surface area contributed by atoms with E-state index in [9.17, 15) is 18.0 Å². The molecule has 9 heteroatoms. The Kier molecular flexibility index (Phi) is 8.02. The van der Waals surface area contributed by atoms with Crippen LogP contribution in [0, 0.1) is 0 Å². The van der Waals surface area contributed by atoms with Crippen molar-refractivity contribution in [3.8, 4) is 0 Å². The van der Waals surface area contributed by atoms with E-state index >= 15 is 0 Å². The maximum absolute atomic E-state index is 12.8. The molecule has 0 bridgehead atoms. The fraction of sp³-hybridized carbons (Fsp3) is 0.364. The number of furan rings is 1. The van der Waals surface area contributed by atoms with Crippen molar-refractivity contribution in [1.29, 1.82) is 0 Å². The molecular formula is C22H27N3O5S. The Hall–Kier alpha value is -2.91. The van der Waals surface area contributed by atoms with Crippen molar-refractivity contribution in [3.05, 3.63) is 60.1 Å². The average Bonchev–Trinajstić information content (AvgIpc) is 3.31. The van der Waals surface area contributed by atoms with Gasteiger partial charge >= 0.3 is 0 Å².